The van der Waals surface area contributed by atoms with Gasteiger partial charge in [0.05, 0.1) is 42.0 Å². The summed E-state index contributed by atoms with van der Waals surface area (Å²) in [5.74, 6) is -4.86. The van der Waals surface area contributed by atoms with E-state index in [2.05, 4.69) is 0 Å². The third kappa shape index (κ3) is 4.65. The van der Waals surface area contributed by atoms with Crippen molar-refractivity contribution >= 4 is 40.9 Å². The van der Waals surface area contributed by atoms with Crippen LogP contribution in [0.2, 0.25) is 5.02 Å². The van der Waals surface area contributed by atoms with E-state index < -0.39 is 46.8 Å². The third-order valence-electron chi connectivity index (χ3n) is 11.1. The lowest BCUT2D eigenvalue weighted by Gasteiger charge is -2.50. The number of phenolic OH excluding ortho intramolecular Hbond substituents is 1. The Morgan fingerprint density at radius 1 is 0.840 bits per heavy atom. The molecule has 3 fully saturated rings. The highest BCUT2D eigenvalue weighted by molar-refractivity contribution is 6.32. The molecule has 6 atom stereocenters. The molecule has 9 heteroatoms. The molecule has 1 N–H and O–H groups in total. The first-order valence-corrected chi connectivity index (χ1v) is 17.4. The summed E-state index contributed by atoms with van der Waals surface area (Å²) in [5, 5.41) is 12.3. The number of amides is 4. The van der Waals surface area contributed by atoms with Crippen LogP contribution < -0.4 is 9.64 Å². The predicted molar refractivity (Wildman–Crippen MR) is 187 cm³/mol. The molecule has 2 aliphatic carbocycles. The van der Waals surface area contributed by atoms with Crippen LogP contribution in [0.3, 0.4) is 0 Å². The molecule has 2 heterocycles. The van der Waals surface area contributed by atoms with Crippen molar-refractivity contribution in [2.45, 2.75) is 37.6 Å². The Labute approximate surface area is 294 Å². The zero-order valence-electron chi connectivity index (χ0n) is 27.4. The number of allylic oxidation sites excluding steroid dienone is 2. The van der Waals surface area contributed by atoms with E-state index in [9.17, 15) is 19.5 Å². The summed E-state index contributed by atoms with van der Waals surface area (Å²) < 4.78 is 5.83. The van der Waals surface area contributed by atoms with Gasteiger partial charge in [-0.3, -0.25) is 24.1 Å². The van der Waals surface area contributed by atoms with Gasteiger partial charge < -0.3 is 9.84 Å². The van der Waals surface area contributed by atoms with Crippen LogP contribution >= 0.6 is 11.6 Å². The first-order chi connectivity index (χ1) is 24.3. The number of hydrogen-bond acceptors (Lipinski definition) is 6. The van der Waals surface area contributed by atoms with Crippen LogP contribution in [-0.2, 0) is 31.1 Å². The van der Waals surface area contributed by atoms with Crippen molar-refractivity contribution in [2.75, 3.05) is 11.5 Å². The van der Waals surface area contributed by atoms with E-state index in [0.717, 1.165) is 11.1 Å². The number of para-hydroxylation sites is 1. The molecule has 8 rings (SSSR count). The number of phenols is 1. The average Bonchev–Trinajstić information content (AvgIpc) is 3.50. The predicted octanol–water partition coefficient (Wildman–Crippen LogP) is 6.81. The molecule has 50 heavy (non-hydrogen) atoms. The first kappa shape index (κ1) is 32.0. The minimum absolute atomic E-state index is 0.127. The number of hydrogen-bond donors (Lipinski definition) is 1. The van der Waals surface area contributed by atoms with Gasteiger partial charge in [-0.25, -0.2) is 4.90 Å². The molecule has 1 saturated carbocycles. The van der Waals surface area contributed by atoms with Gasteiger partial charge in [-0.05, 0) is 61.1 Å². The van der Waals surface area contributed by atoms with E-state index in [0.29, 0.717) is 34.9 Å². The maximum Gasteiger partial charge on any atom is 0.246 e. The van der Waals surface area contributed by atoms with E-state index in [1.54, 1.807) is 42.5 Å². The van der Waals surface area contributed by atoms with Gasteiger partial charge in [0.1, 0.15) is 0 Å². The van der Waals surface area contributed by atoms with Crippen molar-refractivity contribution in [1.82, 2.24) is 4.90 Å². The Morgan fingerprint density at radius 3 is 2.28 bits per heavy atom. The summed E-state index contributed by atoms with van der Waals surface area (Å²) in [6.07, 6.45) is 2.45. The van der Waals surface area contributed by atoms with Crippen molar-refractivity contribution < 1.29 is 29.0 Å². The minimum Gasteiger partial charge on any atom is -0.504 e. The molecule has 2 aliphatic heterocycles. The molecule has 8 nitrogen and oxygen atoms in total. The minimum atomic E-state index is -1.49. The van der Waals surface area contributed by atoms with E-state index >= 15 is 4.79 Å². The smallest absolute Gasteiger partial charge is 0.246 e. The monoisotopic (exact) mass is 686 g/mol. The number of likely N-dealkylation sites (tertiary alicyclic amines) is 1. The number of fused-ring (bicyclic) bond motifs is 4. The molecule has 4 amide bonds. The maximum atomic E-state index is 15.4. The quantitative estimate of drug-likeness (QED) is 0.169. The number of aromatic hydroxyl groups is 1. The number of benzene rings is 4. The summed E-state index contributed by atoms with van der Waals surface area (Å²) in [6.45, 7) is 2.28. The summed E-state index contributed by atoms with van der Waals surface area (Å²) in [6, 6.07) is 30.5. The molecule has 0 unspecified atom stereocenters. The van der Waals surface area contributed by atoms with Crippen molar-refractivity contribution in [1.29, 1.82) is 0 Å². The second kappa shape index (κ2) is 12.3. The number of carbonyl (C=O) groups excluding carboxylic acids is 4. The number of imide groups is 2. The molecule has 252 valence electrons. The van der Waals surface area contributed by atoms with Crippen LogP contribution in [0.4, 0.5) is 5.69 Å². The lowest BCUT2D eigenvalue weighted by Crippen LogP contribution is -2.53. The number of anilines is 1. The molecule has 0 bridgehead atoms. The Hall–Kier alpha value is -5.21. The second-order valence-electron chi connectivity index (χ2n) is 13.5. The molecular weight excluding hydrogens is 652 g/mol. The molecule has 0 radical (unpaired) electrons. The summed E-state index contributed by atoms with van der Waals surface area (Å²) in [4.78, 5) is 61.1. The fraction of sp³-hybridized carbons (Fsp3) is 0.268. The molecule has 2 saturated heterocycles. The van der Waals surface area contributed by atoms with Gasteiger partial charge in [-0.1, -0.05) is 102 Å². The summed E-state index contributed by atoms with van der Waals surface area (Å²) >= 11 is 6.40. The van der Waals surface area contributed by atoms with Gasteiger partial charge in [-0.2, -0.15) is 0 Å². The summed E-state index contributed by atoms with van der Waals surface area (Å²) in [5.41, 5.74) is 1.52. The average molecular weight is 687 g/mol. The van der Waals surface area contributed by atoms with Crippen LogP contribution in [0.1, 0.15) is 42.4 Å². The van der Waals surface area contributed by atoms with Crippen molar-refractivity contribution in [3.63, 3.8) is 0 Å². The Bertz CT molecular complexity index is 2070. The van der Waals surface area contributed by atoms with Crippen LogP contribution in [0.25, 0.3) is 0 Å². The van der Waals surface area contributed by atoms with Gasteiger partial charge in [0.15, 0.2) is 11.5 Å². The molecular formula is C41H35ClN2O6. The molecule has 0 aromatic heterocycles. The van der Waals surface area contributed by atoms with E-state index in [-0.39, 0.29) is 36.3 Å². The maximum absolute atomic E-state index is 15.4. The van der Waals surface area contributed by atoms with Gasteiger partial charge >= 0.3 is 0 Å². The largest absolute Gasteiger partial charge is 0.504 e. The van der Waals surface area contributed by atoms with E-state index in [1.807, 2.05) is 73.7 Å². The Kier molecular flexibility index (Phi) is 7.87. The number of ether oxygens (including phenoxy) is 1. The van der Waals surface area contributed by atoms with Crippen LogP contribution in [0, 0.1) is 23.7 Å². The zero-order chi connectivity index (χ0) is 34.7. The molecule has 4 aromatic carbocycles. The topological polar surface area (TPSA) is 104 Å². The van der Waals surface area contributed by atoms with E-state index in [4.69, 9.17) is 16.3 Å². The Balaban J connectivity index is 1.34. The van der Waals surface area contributed by atoms with Gasteiger partial charge in [-0.15, -0.1) is 0 Å². The SMILES string of the molecule is CCOc1cccc([C@H]2C3=CC[C@@H]4C(=O)N(Cc5ccccc5)C(=O)[C@@H]4[C@@H]3C[C@H]3C(=O)N(c4cccc(Cl)c4)C(=O)[C@@]23c2ccccc2)c1O. The normalized spacial score (nSPS) is 27.2. The van der Waals surface area contributed by atoms with Crippen molar-refractivity contribution in [2.24, 2.45) is 23.7 Å². The zero-order valence-corrected chi connectivity index (χ0v) is 28.1. The van der Waals surface area contributed by atoms with Crippen molar-refractivity contribution in [3.8, 4) is 11.5 Å². The second-order valence-corrected chi connectivity index (χ2v) is 13.9. The van der Waals surface area contributed by atoms with E-state index in [1.165, 1.54) is 9.80 Å². The van der Waals surface area contributed by atoms with Gasteiger partial charge in [0.25, 0.3) is 0 Å². The highest BCUT2D eigenvalue weighted by Crippen LogP contribution is 2.65. The fourth-order valence-electron chi connectivity index (χ4n) is 9.12. The summed E-state index contributed by atoms with van der Waals surface area (Å²) in [7, 11) is 0. The standard InChI is InChI=1S/C41H35ClN2O6/c1-2-50-33-18-10-17-30(36(33)45)35-28-19-20-29-34(39(48)43(37(29)46)23-24-11-5-3-6-12-24)31(28)22-32-38(47)44(27-16-9-15-26(42)21-27)40(49)41(32,35)25-13-7-4-8-14-25/h3-19,21,29,31-32,34-35,45H,2,20,22-23H2,1H3/t29-,31+,32-,34-,35+,41+/m0/s1. The van der Waals surface area contributed by atoms with Crippen LogP contribution in [0.15, 0.2) is 115 Å². The number of rotatable bonds is 7. The van der Waals surface area contributed by atoms with Crippen molar-refractivity contribution in [3.05, 3.63) is 136 Å². The third-order valence-corrected chi connectivity index (χ3v) is 11.3. The first-order valence-electron chi connectivity index (χ1n) is 17.0. The van der Waals surface area contributed by atoms with Crippen LogP contribution in [0.5, 0.6) is 11.5 Å². The number of halogens is 1. The van der Waals surface area contributed by atoms with Gasteiger partial charge in [0, 0.05) is 16.5 Å². The van der Waals surface area contributed by atoms with Crippen LogP contribution in [-0.4, -0.2) is 40.2 Å². The van der Waals surface area contributed by atoms with Gasteiger partial charge in [0.2, 0.25) is 23.6 Å². The molecule has 4 aliphatic rings. The fourth-order valence-corrected chi connectivity index (χ4v) is 9.30. The number of nitrogens with zero attached hydrogens (tertiary/aromatic N) is 2. The highest BCUT2D eigenvalue weighted by Gasteiger charge is 2.70. The molecule has 4 aromatic rings. The number of carbonyl (C=O) groups is 4. The Morgan fingerprint density at radius 2 is 1.56 bits per heavy atom. The lowest BCUT2D eigenvalue weighted by molar-refractivity contribution is -0.141. The highest BCUT2D eigenvalue weighted by atomic mass is 35.5. The lowest BCUT2D eigenvalue weighted by atomic mass is 9.49. The molecule has 0 spiro atoms.